The minimum absolute atomic E-state index is 0.238. The van der Waals surface area contributed by atoms with Crippen LogP contribution in [0.5, 0.6) is 0 Å². The number of nitro groups is 1. The molecule has 1 saturated heterocycles. The van der Waals surface area contributed by atoms with Crippen molar-refractivity contribution in [2.24, 2.45) is 0 Å². The van der Waals surface area contributed by atoms with Crippen LogP contribution >= 0.6 is 0 Å². The largest absolute Gasteiger partial charge is 0.363 e. The van der Waals surface area contributed by atoms with Gasteiger partial charge in [0.2, 0.25) is 0 Å². The summed E-state index contributed by atoms with van der Waals surface area (Å²) in [7, 11) is 1.93. The third kappa shape index (κ3) is 1.73. The van der Waals surface area contributed by atoms with E-state index in [2.05, 4.69) is 15.1 Å². The molecule has 0 spiro atoms. The summed E-state index contributed by atoms with van der Waals surface area (Å²) in [6.45, 7) is 2.57. The maximum absolute atomic E-state index is 11.3. The standard InChI is InChI=1S/C14H17N5O2/c1-17-8-13-11(7-16-18(13)9-5-15-6-9)10-3-2-4-12(14(10)17)19(20)21/h4,7,9,15H,2-3,5-6,8H2,1H3. The Balaban J connectivity index is 1.83. The van der Waals surface area contributed by atoms with Gasteiger partial charge in [-0.3, -0.25) is 14.8 Å². The Hall–Kier alpha value is -2.15. The summed E-state index contributed by atoms with van der Waals surface area (Å²) in [5, 5.41) is 19.1. The second-order valence-corrected chi connectivity index (χ2v) is 5.83. The van der Waals surface area contributed by atoms with Gasteiger partial charge in [0.05, 0.1) is 29.4 Å². The molecule has 0 amide bonds. The zero-order valence-electron chi connectivity index (χ0n) is 11.9. The number of hydrogen-bond acceptors (Lipinski definition) is 5. The van der Waals surface area contributed by atoms with Gasteiger partial charge in [-0.25, -0.2) is 0 Å². The van der Waals surface area contributed by atoms with E-state index in [-0.39, 0.29) is 10.6 Å². The summed E-state index contributed by atoms with van der Waals surface area (Å²) in [6, 6.07) is 0.415. The van der Waals surface area contributed by atoms with E-state index >= 15 is 0 Å². The van der Waals surface area contributed by atoms with Crippen LogP contribution in [-0.2, 0) is 6.54 Å². The molecule has 7 nitrogen and oxygen atoms in total. The van der Waals surface area contributed by atoms with Gasteiger partial charge >= 0.3 is 0 Å². The molecule has 0 bridgehead atoms. The molecule has 0 aromatic carbocycles. The normalized spacial score (nSPS) is 21.6. The van der Waals surface area contributed by atoms with Crippen LogP contribution in [0.4, 0.5) is 0 Å². The van der Waals surface area contributed by atoms with Crippen molar-refractivity contribution in [1.82, 2.24) is 20.0 Å². The number of nitrogens with zero attached hydrogens (tertiary/aromatic N) is 4. The molecule has 1 fully saturated rings. The van der Waals surface area contributed by atoms with Crippen LogP contribution in [0.2, 0.25) is 0 Å². The van der Waals surface area contributed by atoms with Crippen LogP contribution in [0.25, 0.3) is 5.57 Å². The lowest BCUT2D eigenvalue weighted by atomic mass is 9.90. The molecule has 7 heteroatoms. The van der Waals surface area contributed by atoms with Crippen LogP contribution < -0.4 is 5.32 Å². The molecule has 3 aliphatic rings. The molecular formula is C14H17N5O2. The Morgan fingerprint density at radius 2 is 2.29 bits per heavy atom. The minimum Gasteiger partial charge on any atom is -0.363 e. The number of fused-ring (bicyclic) bond motifs is 2. The monoisotopic (exact) mass is 287 g/mol. The van der Waals surface area contributed by atoms with Gasteiger partial charge in [0.25, 0.3) is 5.70 Å². The zero-order chi connectivity index (χ0) is 14.6. The molecule has 2 aliphatic heterocycles. The van der Waals surface area contributed by atoms with Crippen molar-refractivity contribution in [2.45, 2.75) is 25.4 Å². The van der Waals surface area contributed by atoms with Gasteiger partial charge in [-0.05, 0) is 24.5 Å². The summed E-state index contributed by atoms with van der Waals surface area (Å²) in [6.07, 6.45) is 5.19. The molecule has 110 valence electrons. The van der Waals surface area contributed by atoms with Gasteiger partial charge in [0.1, 0.15) is 5.70 Å². The first-order chi connectivity index (χ1) is 10.2. The first kappa shape index (κ1) is 12.6. The fraction of sp³-hybridized carbons (Fsp3) is 0.500. The van der Waals surface area contributed by atoms with E-state index in [9.17, 15) is 10.1 Å². The highest BCUT2D eigenvalue weighted by molar-refractivity contribution is 5.75. The van der Waals surface area contributed by atoms with Gasteiger partial charge in [-0.1, -0.05) is 0 Å². The quantitative estimate of drug-likeness (QED) is 0.652. The number of nitrogens with one attached hydrogen (secondary N) is 1. The third-order valence-electron chi connectivity index (χ3n) is 4.56. The average molecular weight is 287 g/mol. The van der Waals surface area contributed by atoms with E-state index in [0.717, 1.165) is 42.8 Å². The van der Waals surface area contributed by atoms with Crippen LogP contribution in [0.15, 0.2) is 23.7 Å². The Labute approximate surface area is 122 Å². The number of likely N-dealkylation sites (N-methyl/N-ethyl adjacent to an activating group) is 1. The first-order valence-electron chi connectivity index (χ1n) is 7.23. The van der Waals surface area contributed by atoms with E-state index in [1.54, 1.807) is 6.08 Å². The lowest BCUT2D eigenvalue weighted by Gasteiger charge is -2.34. The van der Waals surface area contributed by atoms with Crippen molar-refractivity contribution >= 4 is 5.57 Å². The number of hydrogen-bond donors (Lipinski definition) is 1. The lowest BCUT2D eigenvalue weighted by molar-refractivity contribution is -0.423. The molecule has 1 aromatic rings. The zero-order valence-corrected chi connectivity index (χ0v) is 11.9. The van der Waals surface area contributed by atoms with Crippen molar-refractivity contribution in [1.29, 1.82) is 0 Å². The fourth-order valence-electron chi connectivity index (χ4n) is 3.43. The summed E-state index contributed by atoms with van der Waals surface area (Å²) in [5.41, 5.74) is 4.37. The predicted octanol–water partition coefficient (Wildman–Crippen LogP) is 1.14. The molecule has 0 saturated carbocycles. The third-order valence-corrected chi connectivity index (χ3v) is 4.56. The second kappa shape index (κ2) is 4.42. The van der Waals surface area contributed by atoms with Gasteiger partial charge in [-0.15, -0.1) is 0 Å². The Bertz CT molecular complexity index is 684. The molecule has 0 radical (unpaired) electrons. The Morgan fingerprint density at radius 3 is 2.95 bits per heavy atom. The summed E-state index contributed by atoms with van der Waals surface area (Å²) >= 11 is 0. The molecule has 0 atom stereocenters. The summed E-state index contributed by atoms with van der Waals surface area (Å²) < 4.78 is 2.09. The van der Waals surface area contributed by atoms with E-state index in [1.165, 1.54) is 5.69 Å². The lowest BCUT2D eigenvalue weighted by Crippen LogP contribution is -2.45. The maximum atomic E-state index is 11.3. The minimum atomic E-state index is -0.268. The summed E-state index contributed by atoms with van der Waals surface area (Å²) in [5.74, 6) is 0. The molecule has 1 aliphatic carbocycles. The highest BCUT2D eigenvalue weighted by Crippen LogP contribution is 2.40. The van der Waals surface area contributed by atoms with E-state index in [1.807, 2.05) is 18.1 Å². The molecule has 21 heavy (non-hydrogen) atoms. The van der Waals surface area contributed by atoms with E-state index in [4.69, 9.17) is 0 Å². The van der Waals surface area contributed by atoms with Crippen molar-refractivity contribution in [3.05, 3.63) is 45.0 Å². The number of aromatic nitrogens is 2. The van der Waals surface area contributed by atoms with Crippen LogP contribution in [-0.4, -0.2) is 39.7 Å². The van der Waals surface area contributed by atoms with Gasteiger partial charge in [0, 0.05) is 25.7 Å². The molecule has 4 rings (SSSR count). The first-order valence-corrected chi connectivity index (χ1v) is 7.23. The average Bonchev–Trinajstić information content (AvgIpc) is 2.80. The molecule has 3 heterocycles. The maximum Gasteiger partial charge on any atom is 0.288 e. The molecule has 1 N–H and O–H groups in total. The Morgan fingerprint density at radius 1 is 1.48 bits per heavy atom. The van der Waals surface area contributed by atoms with Crippen molar-refractivity contribution < 1.29 is 4.92 Å². The fourth-order valence-corrected chi connectivity index (χ4v) is 3.43. The van der Waals surface area contributed by atoms with Crippen LogP contribution in [0.1, 0.15) is 30.1 Å². The number of rotatable bonds is 2. The molecule has 0 unspecified atom stereocenters. The van der Waals surface area contributed by atoms with E-state index in [0.29, 0.717) is 12.6 Å². The van der Waals surface area contributed by atoms with Crippen molar-refractivity contribution in [3.63, 3.8) is 0 Å². The van der Waals surface area contributed by atoms with E-state index < -0.39 is 0 Å². The van der Waals surface area contributed by atoms with Crippen molar-refractivity contribution in [2.75, 3.05) is 20.1 Å². The smallest absolute Gasteiger partial charge is 0.288 e. The topological polar surface area (TPSA) is 76.2 Å². The molecular weight excluding hydrogens is 270 g/mol. The second-order valence-electron chi connectivity index (χ2n) is 5.83. The highest BCUT2D eigenvalue weighted by atomic mass is 16.6. The predicted molar refractivity (Wildman–Crippen MR) is 76.8 cm³/mol. The number of allylic oxidation sites excluding steroid dienone is 2. The van der Waals surface area contributed by atoms with Gasteiger partial charge < -0.3 is 10.2 Å². The SMILES string of the molecule is CN1Cc2c(cnn2C2CNC2)C2=C1C([N+](=O)[O-])=CCC2. The van der Waals surface area contributed by atoms with Crippen LogP contribution in [0, 0.1) is 10.1 Å². The highest BCUT2D eigenvalue weighted by Gasteiger charge is 2.36. The van der Waals surface area contributed by atoms with Crippen molar-refractivity contribution in [3.8, 4) is 0 Å². The van der Waals surface area contributed by atoms with Crippen LogP contribution in [0.3, 0.4) is 0 Å². The Kier molecular flexibility index (Phi) is 2.65. The van der Waals surface area contributed by atoms with Gasteiger partial charge in [0.15, 0.2) is 0 Å². The van der Waals surface area contributed by atoms with Gasteiger partial charge in [-0.2, -0.15) is 5.10 Å². The summed E-state index contributed by atoms with van der Waals surface area (Å²) in [4.78, 5) is 13.0. The molecule has 1 aromatic heterocycles.